The number of aliphatic hydroxyl groups excluding tert-OH is 1. The predicted octanol–water partition coefficient (Wildman–Crippen LogP) is 2.16. The molecule has 0 spiro atoms. The lowest BCUT2D eigenvalue weighted by molar-refractivity contribution is 0.0175. The van der Waals surface area contributed by atoms with E-state index < -0.39 is 6.23 Å². The van der Waals surface area contributed by atoms with Crippen LogP contribution in [0.3, 0.4) is 0 Å². The average Bonchev–Trinajstić information content (AvgIpc) is 2.49. The Morgan fingerprint density at radius 2 is 2.06 bits per heavy atom. The zero-order valence-corrected chi connectivity index (χ0v) is 9.95. The van der Waals surface area contributed by atoms with Crippen LogP contribution in [0.25, 0.3) is 0 Å². The van der Waals surface area contributed by atoms with Gasteiger partial charge in [-0.05, 0) is 37.5 Å². The van der Waals surface area contributed by atoms with Crippen molar-refractivity contribution >= 4 is 5.91 Å². The maximum Gasteiger partial charge on any atom is 0.256 e. The Labute approximate surface area is 95.7 Å². The van der Waals surface area contributed by atoms with Gasteiger partial charge in [0.05, 0.1) is 0 Å². The zero-order chi connectivity index (χ0) is 11.9. The van der Waals surface area contributed by atoms with Crippen molar-refractivity contribution in [3.63, 3.8) is 0 Å². The molecular weight excluding hydrogens is 202 g/mol. The summed E-state index contributed by atoms with van der Waals surface area (Å²) in [6.45, 7) is 6.56. The first kappa shape index (κ1) is 11.1. The summed E-state index contributed by atoms with van der Waals surface area (Å²) in [5.74, 6) is -0.0487. The predicted molar refractivity (Wildman–Crippen MR) is 62.2 cm³/mol. The van der Waals surface area contributed by atoms with Gasteiger partial charge in [0.25, 0.3) is 5.91 Å². The van der Waals surface area contributed by atoms with Crippen LogP contribution in [0, 0.1) is 13.8 Å². The molecule has 0 saturated carbocycles. The van der Waals surface area contributed by atoms with E-state index in [0.29, 0.717) is 12.1 Å². The first-order chi connectivity index (χ1) is 7.57. The molecule has 1 N–H and O–H groups in total. The molecule has 1 amide bonds. The fraction of sp³-hybridized carbons (Fsp3) is 0.462. The summed E-state index contributed by atoms with van der Waals surface area (Å²) < 4.78 is 0. The Kier molecular flexibility index (Phi) is 2.72. The third-order valence-electron chi connectivity index (χ3n) is 3.29. The van der Waals surface area contributed by atoms with Gasteiger partial charge in [-0.2, -0.15) is 0 Å². The summed E-state index contributed by atoms with van der Waals surface area (Å²) in [6.07, 6.45) is 0.0943. The number of carbonyl (C=O) groups excluding carboxylic acids is 1. The first-order valence-electron chi connectivity index (χ1n) is 5.67. The highest BCUT2D eigenvalue weighted by Crippen LogP contribution is 2.35. The van der Waals surface area contributed by atoms with Crippen LogP contribution >= 0.6 is 0 Å². The SMILES string of the molecule is CCCN1C(=O)c2ccc(C)c(C)c2C1O. The number of aryl methyl sites for hydroxylation is 1. The highest BCUT2D eigenvalue weighted by Gasteiger charge is 2.36. The molecule has 2 rings (SSSR count). The summed E-state index contributed by atoms with van der Waals surface area (Å²) in [6, 6.07) is 3.76. The summed E-state index contributed by atoms with van der Waals surface area (Å²) >= 11 is 0. The third kappa shape index (κ3) is 1.43. The number of benzene rings is 1. The minimum atomic E-state index is -0.762. The number of nitrogens with zero attached hydrogens (tertiary/aromatic N) is 1. The quantitative estimate of drug-likeness (QED) is 0.828. The highest BCUT2D eigenvalue weighted by atomic mass is 16.3. The molecule has 3 nitrogen and oxygen atoms in total. The number of aliphatic hydroxyl groups is 1. The zero-order valence-electron chi connectivity index (χ0n) is 9.95. The van der Waals surface area contributed by atoms with Crippen molar-refractivity contribution in [3.05, 3.63) is 34.4 Å². The van der Waals surface area contributed by atoms with Crippen LogP contribution in [0.1, 0.15) is 46.6 Å². The van der Waals surface area contributed by atoms with E-state index in [1.165, 1.54) is 4.90 Å². The van der Waals surface area contributed by atoms with E-state index in [2.05, 4.69) is 0 Å². The molecule has 1 atom stereocenters. The summed E-state index contributed by atoms with van der Waals surface area (Å²) in [5.41, 5.74) is 3.59. The molecule has 0 bridgehead atoms. The van der Waals surface area contributed by atoms with E-state index in [4.69, 9.17) is 0 Å². The lowest BCUT2D eigenvalue weighted by Crippen LogP contribution is -2.28. The Morgan fingerprint density at radius 1 is 1.38 bits per heavy atom. The third-order valence-corrected chi connectivity index (χ3v) is 3.29. The van der Waals surface area contributed by atoms with E-state index >= 15 is 0 Å². The van der Waals surface area contributed by atoms with Crippen molar-refractivity contribution in [1.82, 2.24) is 4.90 Å². The molecule has 0 radical (unpaired) electrons. The number of amides is 1. The summed E-state index contributed by atoms with van der Waals surface area (Å²) in [4.78, 5) is 13.6. The molecule has 1 heterocycles. The molecule has 16 heavy (non-hydrogen) atoms. The lowest BCUT2D eigenvalue weighted by Gasteiger charge is -2.20. The summed E-state index contributed by atoms with van der Waals surface area (Å²) in [5, 5.41) is 10.2. The largest absolute Gasteiger partial charge is 0.369 e. The van der Waals surface area contributed by atoms with Crippen LogP contribution in [-0.2, 0) is 0 Å². The van der Waals surface area contributed by atoms with Crippen LogP contribution in [0.4, 0.5) is 0 Å². The van der Waals surface area contributed by atoms with E-state index in [1.807, 2.05) is 32.9 Å². The van der Waals surface area contributed by atoms with Gasteiger partial charge < -0.3 is 10.0 Å². The van der Waals surface area contributed by atoms with Crippen LogP contribution in [-0.4, -0.2) is 22.5 Å². The van der Waals surface area contributed by atoms with E-state index in [1.54, 1.807) is 0 Å². The van der Waals surface area contributed by atoms with Gasteiger partial charge in [0.2, 0.25) is 0 Å². The van der Waals surface area contributed by atoms with Gasteiger partial charge in [-0.15, -0.1) is 0 Å². The lowest BCUT2D eigenvalue weighted by atomic mass is 9.99. The topological polar surface area (TPSA) is 40.5 Å². The summed E-state index contributed by atoms with van der Waals surface area (Å²) in [7, 11) is 0. The number of fused-ring (bicyclic) bond motifs is 1. The number of hydrogen-bond acceptors (Lipinski definition) is 2. The highest BCUT2D eigenvalue weighted by molar-refractivity contribution is 5.99. The second-order valence-electron chi connectivity index (χ2n) is 4.34. The molecular formula is C13H17NO2. The van der Waals surface area contributed by atoms with Gasteiger partial charge in [0.15, 0.2) is 6.23 Å². The van der Waals surface area contributed by atoms with Crippen molar-refractivity contribution < 1.29 is 9.90 Å². The number of carbonyl (C=O) groups is 1. The first-order valence-corrected chi connectivity index (χ1v) is 5.67. The van der Waals surface area contributed by atoms with Gasteiger partial charge in [0.1, 0.15) is 0 Å². The van der Waals surface area contributed by atoms with Crippen molar-refractivity contribution in [2.75, 3.05) is 6.54 Å². The van der Waals surface area contributed by atoms with Gasteiger partial charge in [-0.3, -0.25) is 4.79 Å². The average molecular weight is 219 g/mol. The fourth-order valence-electron chi connectivity index (χ4n) is 2.24. The smallest absolute Gasteiger partial charge is 0.256 e. The fourth-order valence-corrected chi connectivity index (χ4v) is 2.24. The van der Waals surface area contributed by atoms with Crippen molar-refractivity contribution in [2.45, 2.75) is 33.4 Å². The minimum absolute atomic E-state index is 0.0487. The monoisotopic (exact) mass is 219 g/mol. The Morgan fingerprint density at radius 3 is 2.69 bits per heavy atom. The van der Waals surface area contributed by atoms with E-state index in [0.717, 1.165) is 23.1 Å². The van der Waals surface area contributed by atoms with E-state index in [9.17, 15) is 9.90 Å². The molecule has 1 aliphatic rings. The Bertz CT molecular complexity index is 440. The molecule has 1 unspecified atom stereocenters. The van der Waals surface area contributed by atoms with Crippen LogP contribution < -0.4 is 0 Å². The molecule has 3 heteroatoms. The standard InChI is InChI=1S/C13H17NO2/c1-4-7-14-12(15)10-6-5-8(2)9(3)11(10)13(14)16/h5-6,13,16H,4,7H2,1-3H3. The second kappa shape index (κ2) is 3.91. The van der Waals surface area contributed by atoms with Crippen molar-refractivity contribution in [3.8, 4) is 0 Å². The molecule has 1 aromatic rings. The maximum absolute atomic E-state index is 12.0. The minimum Gasteiger partial charge on any atom is -0.369 e. The van der Waals surface area contributed by atoms with Gasteiger partial charge in [0, 0.05) is 17.7 Å². The van der Waals surface area contributed by atoms with Gasteiger partial charge >= 0.3 is 0 Å². The van der Waals surface area contributed by atoms with Crippen LogP contribution in [0.5, 0.6) is 0 Å². The Hall–Kier alpha value is -1.35. The van der Waals surface area contributed by atoms with Crippen molar-refractivity contribution in [2.24, 2.45) is 0 Å². The number of rotatable bonds is 2. The van der Waals surface area contributed by atoms with Crippen LogP contribution in [0.15, 0.2) is 12.1 Å². The van der Waals surface area contributed by atoms with E-state index in [-0.39, 0.29) is 5.91 Å². The maximum atomic E-state index is 12.0. The number of hydrogen-bond donors (Lipinski definition) is 1. The molecule has 1 aromatic carbocycles. The Balaban J connectivity index is 2.51. The molecule has 86 valence electrons. The van der Waals surface area contributed by atoms with Gasteiger partial charge in [-0.25, -0.2) is 0 Å². The van der Waals surface area contributed by atoms with Gasteiger partial charge in [-0.1, -0.05) is 13.0 Å². The molecule has 0 aliphatic carbocycles. The van der Waals surface area contributed by atoms with Crippen LogP contribution in [0.2, 0.25) is 0 Å². The molecule has 0 aromatic heterocycles. The molecule has 0 saturated heterocycles. The molecule has 0 fully saturated rings. The normalized spacial score (nSPS) is 19.1. The second-order valence-corrected chi connectivity index (χ2v) is 4.34. The van der Waals surface area contributed by atoms with Crippen molar-refractivity contribution in [1.29, 1.82) is 0 Å². The molecule has 1 aliphatic heterocycles.